The van der Waals surface area contributed by atoms with Gasteiger partial charge < -0.3 is 0 Å². The third-order valence-corrected chi connectivity index (χ3v) is 4.31. The van der Waals surface area contributed by atoms with Gasteiger partial charge in [-0.3, -0.25) is 4.90 Å². The van der Waals surface area contributed by atoms with Crippen molar-refractivity contribution in [1.82, 2.24) is 4.90 Å². The van der Waals surface area contributed by atoms with Crippen molar-refractivity contribution < 1.29 is 0 Å². The molecular weight excluding hydrogens is 230 g/mol. The van der Waals surface area contributed by atoms with Gasteiger partial charge in [0.15, 0.2) is 0 Å². The highest BCUT2D eigenvalue weighted by Crippen LogP contribution is 2.35. The first-order valence-electron chi connectivity index (χ1n) is 7.49. The highest BCUT2D eigenvalue weighted by Gasteiger charge is 2.27. The van der Waals surface area contributed by atoms with Crippen LogP contribution in [-0.4, -0.2) is 18.0 Å². The van der Waals surface area contributed by atoms with Crippen molar-refractivity contribution in [1.29, 1.82) is 0 Å². The van der Waals surface area contributed by atoms with Crippen molar-refractivity contribution in [2.45, 2.75) is 32.7 Å². The van der Waals surface area contributed by atoms with E-state index in [1.54, 1.807) is 0 Å². The van der Waals surface area contributed by atoms with Crippen LogP contribution in [-0.2, 0) is 0 Å². The zero-order valence-corrected chi connectivity index (χ0v) is 12.0. The molecule has 0 aromatic heterocycles. The molecule has 1 heterocycles. The van der Waals surface area contributed by atoms with Gasteiger partial charge in [-0.2, -0.15) is 0 Å². The van der Waals surface area contributed by atoms with E-state index in [2.05, 4.69) is 61.2 Å². The molecule has 0 amide bonds. The summed E-state index contributed by atoms with van der Waals surface area (Å²) in [6.07, 6.45) is 2.71. The van der Waals surface area contributed by atoms with Crippen LogP contribution in [0.1, 0.15) is 38.3 Å². The fourth-order valence-corrected chi connectivity index (χ4v) is 3.51. The van der Waals surface area contributed by atoms with Crippen LogP contribution in [0.25, 0.3) is 10.8 Å². The van der Waals surface area contributed by atoms with E-state index in [9.17, 15) is 0 Å². The summed E-state index contributed by atoms with van der Waals surface area (Å²) in [5.41, 5.74) is 1.51. The maximum absolute atomic E-state index is 2.67. The molecule has 0 radical (unpaired) electrons. The molecule has 1 atom stereocenters. The van der Waals surface area contributed by atoms with Crippen LogP contribution in [0.3, 0.4) is 0 Å². The summed E-state index contributed by atoms with van der Waals surface area (Å²) in [5.74, 6) is 0.656. The Balaban J connectivity index is 2.09. The average Bonchev–Trinajstić information content (AvgIpc) is 2.93. The van der Waals surface area contributed by atoms with Gasteiger partial charge in [0, 0.05) is 6.04 Å². The number of hydrogen-bond donors (Lipinski definition) is 0. The van der Waals surface area contributed by atoms with E-state index < -0.39 is 0 Å². The molecule has 0 spiro atoms. The standard InChI is InChI=1S/C18H23N/c1-14(2)18(19-12-5-6-13-19)17-11-7-9-15-8-3-4-10-16(15)17/h3-4,7-11,14,18H,5-6,12-13H2,1-2H3. The highest BCUT2D eigenvalue weighted by atomic mass is 15.2. The Morgan fingerprint density at radius 1 is 0.895 bits per heavy atom. The topological polar surface area (TPSA) is 3.24 Å². The van der Waals surface area contributed by atoms with Crippen LogP contribution in [0.15, 0.2) is 42.5 Å². The minimum absolute atomic E-state index is 0.564. The van der Waals surface area contributed by atoms with E-state index in [0.29, 0.717) is 12.0 Å². The lowest BCUT2D eigenvalue weighted by molar-refractivity contribution is 0.195. The molecule has 1 fully saturated rings. The van der Waals surface area contributed by atoms with Crippen LogP contribution in [0.4, 0.5) is 0 Å². The molecule has 19 heavy (non-hydrogen) atoms. The fourth-order valence-electron chi connectivity index (χ4n) is 3.51. The van der Waals surface area contributed by atoms with E-state index in [4.69, 9.17) is 0 Å². The Morgan fingerprint density at radius 2 is 1.58 bits per heavy atom. The Labute approximate surface area is 116 Å². The molecule has 1 saturated heterocycles. The van der Waals surface area contributed by atoms with Crippen molar-refractivity contribution >= 4 is 10.8 Å². The summed E-state index contributed by atoms with van der Waals surface area (Å²) >= 11 is 0. The number of rotatable bonds is 3. The van der Waals surface area contributed by atoms with Crippen molar-refractivity contribution in [2.75, 3.05) is 13.1 Å². The third-order valence-electron chi connectivity index (χ3n) is 4.31. The van der Waals surface area contributed by atoms with E-state index in [-0.39, 0.29) is 0 Å². The fraction of sp³-hybridized carbons (Fsp3) is 0.444. The van der Waals surface area contributed by atoms with E-state index in [1.165, 1.54) is 42.3 Å². The Morgan fingerprint density at radius 3 is 2.32 bits per heavy atom. The third kappa shape index (κ3) is 2.40. The van der Waals surface area contributed by atoms with Gasteiger partial charge in [-0.05, 0) is 48.2 Å². The Kier molecular flexibility index (Phi) is 3.56. The molecule has 1 aliphatic heterocycles. The molecule has 0 bridgehead atoms. The summed E-state index contributed by atoms with van der Waals surface area (Å²) in [7, 11) is 0. The van der Waals surface area contributed by atoms with Crippen molar-refractivity contribution in [3.05, 3.63) is 48.0 Å². The molecule has 3 rings (SSSR count). The number of fused-ring (bicyclic) bond motifs is 1. The van der Waals surface area contributed by atoms with Gasteiger partial charge >= 0.3 is 0 Å². The molecule has 1 nitrogen and oxygen atoms in total. The molecule has 100 valence electrons. The van der Waals surface area contributed by atoms with E-state index >= 15 is 0 Å². The van der Waals surface area contributed by atoms with Gasteiger partial charge in [-0.1, -0.05) is 56.3 Å². The molecule has 0 N–H and O–H groups in total. The molecule has 2 aromatic carbocycles. The molecule has 0 aliphatic carbocycles. The zero-order chi connectivity index (χ0) is 13.2. The van der Waals surface area contributed by atoms with Gasteiger partial charge in [0.05, 0.1) is 0 Å². The summed E-state index contributed by atoms with van der Waals surface area (Å²) in [6, 6.07) is 16.1. The first-order valence-corrected chi connectivity index (χ1v) is 7.49. The quantitative estimate of drug-likeness (QED) is 0.770. The minimum atomic E-state index is 0.564. The smallest absolute Gasteiger partial charge is 0.0377 e. The first-order chi connectivity index (χ1) is 9.27. The zero-order valence-electron chi connectivity index (χ0n) is 12.0. The molecule has 1 heteroatoms. The first kappa shape index (κ1) is 12.7. The van der Waals surface area contributed by atoms with Crippen LogP contribution >= 0.6 is 0 Å². The normalized spacial score (nSPS) is 18.3. The maximum atomic E-state index is 2.67. The van der Waals surface area contributed by atoms with Crippen LogP contribution < -0.4 is 0 Å². The largest absolute Gasteiger partial charge is 0.296 e. The van der Waals surface area contributed by atoms with E-state index in [0.717, 1.165) is 0 Å². The van der Waals surface area contributed by atoms with Crippen LogP contribution in [0.2, 0.25) is 0 Å². The number of hydrogen-bond acceptors (Lipinski definition) is 1. The average molecular weight is 253 g/mol. The lowest BCUT2D eigenvalue weighted by atomic mass is 9.90. The van der Waals surface area contributed by atoms with Gasteiger partial charge in [-0.25, -0.2) is 0 Å². The Hall–Kier alpha value is -1.34. The van der Waals surface area contributed by atoms with Crippen molar-refractivity contribution in [3.8, 4) is 0 Å². The van der Waals surface area contributed by atoms with Gasteiger partial charge in [0.25, 0.3) is 0 Å². The SMILES string of the molecule is CC(C)C(c1cccc2ccccc12)N1CCCC1. The molecule has 0 saturated carbocycles. The molecule has 2 aromatic rings. The minimum Gasteiger partial charge on any atom is -0.296 e. The van der Waals surface area contributed by atoms with Crippen molar-refractivity contribution in [2.24, 2.45) is 5.92 Å². The Bertz CT molecular complexity index is 547. The lowest BCUT2D eigenvalue weighted by Gasteiger charge is -2.32. The number of benzene rings is 2. The second-order valence-corrected chi connectivity index (χ2v) is 6.00. The second-order valence-electron chi connectivity index (χ2n) is 6.00. The highest BCUT2D eigenvalue weighted by molar-refractivity contribution is 5.86. The summed E-state index contributed by atoms with van der Waals surface area (Å²) in [4.78, 5) is 2.67. The summed E-state index contributed by atoms with van der Waals surface area (Å²) in [6.45, 7) is 7.22. The summed E-state index contributed by atoms with van der Waals surface area (Å²) < 4.78 is 0. The second kappa shape index (κ2) is 5.34. The maximum Gasteiger partial charge on any atom is 0.0377 e. The van der Waals surface area contributed by atoms with Crippen LogP contribution in [0, 0.1) is 5.92 Å². The molecule has 1 aliphatic rings. The number of nitrogens with zero attached hydrogens (tertiary/aromatic N) is 1. The van der Waals surface area contributed by atoms with Gasteiger partial charge in [0.2, 0.25) is 0 Å². The molecular formula is C18H23N. The lowest BCUT2D eigenvalue weighted by Crippen LogP contribution is -2.29. The molecule has 1 unspecified atom stereocenters. The van der Waals surface area contributed by atoms with E-state index in [1.807, 2.05) is 0 Å². The van der Waals surface area contributed by atoms with Gasteiger partial charge in [-0.15, -0.1) is 0 Å². The predicted molar refractivity (Wildman–Crippen MR) is 82.3 cm³/mol. The predicted octanol–water partition coefficient (Wildman–Crippen LogP) is 4.63. The summed E-state index contributed by atoms with van der Waals surface area (Å²) in [5, 5.41) is 2.79. The van der Waals surface area contributed by atoms with Crippen LogP contribution in [0.5, 0.6) is 0 Å². The number of likely N-dealkylation sites (tertiary alicyclic amines) is 1. The van der Waals surface area contributed by atoms with Gasteiger partial charge in [0.1, 0.15) is 0 Å². The van der Waals surface area contributed by atoms with Crippen molar-refractivity contribution in [3.63, 3.8) is 0 Å². The monoisotopic (exact) mass is 253 g/mol.